The number of nitrogens with two attached hydrogens (primary N) is 1. The van der Waals surface area contributed by atoms with E-state index in [9.17, 15) is 0 Å². The molecule has 0 amide bonds. The van der Waals surface area contributed by atoms with Crippen LogP contribution in [0.25, 0.3) is 0 Å². The van der Waals surface area contributed by atoms with Crippen LogP contribution in [0.2, 0.25) is 0 Å². The molecule has 1 aromatic rings. The summed E-state index contributed by atoms with van der Waals surface area (Å²) in [4.78, 5) is 0. The standard InChI is InChI=1S/C14H20BrNO/c1-17-13-8-7-11(9-12(13)15)14(16)10-5-3-2-4-6-10/h7-10,14H,2-6,16H2,1H3/t14-/m1/s1. The average molecular weight is 298 g/mol. The first kappa shape index (κ1) is 12.9. The molecule has 0 unspecified atom stereocenters. The van der Waals surface area contributed by atoms with Gasteiger partial charge in [-0.05, 0) is 52.4 Å². The van der Waals surface area contributed by atoms with Gasteiger partial charge < -0.3 is 10.5 Å². The molecule has 0 aliphatic heterocycles. The van der Waals surface area contributed by atoms with Gasteiger partial charge in [-0.3, -0.25) is 0 Å². The van der Waals surface area contributed by atoms with Crippen molar-refractivity contribution in [2.45, 2.75) is 38.1 Å². The van der Waals surface area contributed by atoms with Crippen molar-refractivity contribution in [3.8, 4) is 5.75 Å². The third kappa shape index (κ3) is 3.02. The first-order chi connectivity index (χ1) is 8.22. The molecule has 1 saturated carbocycles. The number of benzene rings is 1. The van der Waals surface area contributed by atoms with Crippen LogP contribution >= 0.6 is 15.9 Å². The Labute approximate surface area is 112 Å². The van der Waals surface area contributed by atoms with Crippen molar-refractivity contribution in [2.24, 2.45) is 11.7 Å². The topological polar surface area (TPSA) is 35.2 Å². The molecule has 0 radical (unpaired) electrons. The lowest BCUT2D eigenvalue weighted by Gasteiger charge is -2.28. The molecular weight excluding hydrogens is 278 g/mol. The Morgan fingerprint density at radius 2 is 2.00 bits per heavy atom. The van der Waals surface area contributed by atoms with Crippen LogP contribution in [0.5, 0.6) is 5.75 Å². The second-order valence-corrected chi connectivity index (χ2v) is 5.67. The minimum Gasteiger partial charge on any atom is -0.496 e. The highest BCUT2D eigenvalue weighted by Crippen LogP contribution is 2.35. The first-order valence-corrected chi connectivity index (χ1v) is 7.10. The van der Waals surface area contributed by atoms with E-state index in [1.54, 1.807) is 7.11 Å². The molecule has 17 heavy (non-hydrogen) atoms. The maximum Gasteiger partial charge on any atom is 0.133 e. The normalized spacial score (nSPS) is 19.0. The van der Waals surface area contributed by atoms with Gasteiger partial charge in [0.25, 0.3) is 0 Å². The Bertz CT molecular complexity index is 374. The van der Waals surface area contributed by atoms with Gasteiger partial charge in [-0.1, -0.05) is 25.3 Å². The molecule has 1 fully saturated rings. The predicted molar refractivity (Wildman–Crippen MR) is 74.2 cm³/mol. The Kier molecular flexibility index (Phi) is 4.46. The molecule has 1 atom stereocenters. The van der Waals surface area contributed by atoms with E-state index < -0.39 is 0 Å². The monoisotopic (exact) mass is 297 g/mol. The lowest BCUT2D eigenvalue weighted by Crippen LogP contribution is -2.23. The van der Waals surface area contributed by atoms with E-state index >= 15 is 0 Å². The minimum absolute atomic E-state index is 0.164. The molecule has 0 heterocycles. The van der Waals surface area contributed by atoms with Crippen LogP contribution in [0.3, 0.4) is 0 Å². The van der Waals surface area contributed by atoms with Gasteiger partial charge in [-0.2, -0.15) is 0 Å². The fraction of sp³-hybridized carbons (Fsp3) is 0.571. The fourth-order valence-electron chi connectivity index (χ4n) is 2.66. The van der Waals surface area contributed by atoms with E-state index in [0.717, 1.165) is 10.2 Å². The van der Waals surface area contributed by atoms with Gasteiger partial charge in [-0.15, -0.1) is 0 Å². The first-order valence-electron chi connectivity index (χ1n) is 6.31. The van der Waals surface area contributed by atoms with Crippen LogP contribution in [-0.4, -0.2) is 7.11 Å². The van der Waals surface area contributed by atoms with Gasteiger partial charge in [0.1, 0.15) is 5.75 Å². The third-order valence-corrected chi connectivity index (χ3v) is 4.34. The van der Waals surface area contributed by atoms with Crippen LogP contribution in [0.4, 0.5) is 0 Å². The summed E-state index contributed by atoms with van der Waals surface area (Å²) in [6, 6.07) is 6.33. The number of rotatable bonds is 3. The molecule has 0 aromatic heterocycles. The zero-order valence-electron chi connectivity index (χ0n) is 10.3. The molecule has 1 aromatic carbocycles. The summed E-state index contributed by atoms with van der Waals surface area (Å²) in [7, 11) is 1.68. The van der Waals surface area contributed by atoms with Crippen molar-refractivity contribution in [3.05, 3.63) is 28.2 Å². The van der Waals surface area contributed by atoms with E-state index in [2.05, 4.69) is 28.1 Å². The number of hydrogen-bond donors (Lipinski definition) is 1. The zero-order valence-corrected chi connectivity index (χ0v) is 11.9. The van der Waals surface area contributed by atoms with Crippen molar-refractivity contribution in [2.75, 3.05) is 7.11 Å². The van der Waals surface area contributed by atoms with Crippen LogP contribution < -0.4 is 10.5 Å². The van der Waals surface area contributed by atoms with Gasteiger partial charge in [0, 0.05) is 6.04 Å². The SMILES string of the molecule is COc1ccc([C@H](N)C2CCCCC2)cc1Br. The second-order valence-electron chi connectivity index (χ2n) is 4.82. The van der Waals surface area contributed by atoms with Crippen LogP contribution in [0.1, 0.15) is 43.7 Å². The van der Waals surface area contributed by atoms with E-state index in [1.165, 1.54) is 37.7 Å². The molecule has 2 nitrogen and oxygen atoms in total. The quantitative estimate of drug-likeness (QED) is 0.914. The molecule has 2 N–H and O–H groups in total. The highest BCUT2D eigenvalue weighted by atomic mass is 79.9. The summed E-state index contributed by atoms with van der Waals surface area (Å²) in [5.41, 5.74) is 7.58. The summed E-state index contributed by atoms with van der Waals surface area (Å²) in [6.45, 7) is 0. The number of methoxy groups -OCH3 is 1. The maximum absolute atomic E-state index is 6.37. The molecule has 2 rings (SSSR count). The fourth-order valence-corrected chi connectivity index (χ4v) is 3.21. The molecule has 3 heteroatoms. The molecule has 1 aliphatic carbocycles. The summed E-state index contributed by atoms with van der Waals surface area (Å²) >= 11 is 3.52. The largest absolute Gasteiger partial charge is 0.496 e. The summed E-state index contributed by atoms with van der Waals surface area (Å²) in [5.74, 6) is 1.51. The van der Waals surface area contributed by atoms with Crippen molar-refractivity contribution in [1.82, 2.24) is 0 Å². The van der Waals surface area contributed by atoms with Gasteiger partial charge in [0.05, 0.1) is 11.6 Å². The molecule has 0 spiro atoms. The van der Waals surface area contributed by atoms with Gasteiger partial charge >= 0.3 is 0 Å². The lowest BCUT2D eigenvalue weighted by atomic mass is 9.81. The van der Waals surface area contributed by atoms with Crippen LogP contribution in [-0.2, 0) is 0 Å². The highest BCUT2D eigenvalue weighted by Gasteiger charge is 2.22. The molecular formula is C14H20BrNO. The second kappa shape index (κ2) is 5.87. The molecule has 1 aliphatic rings. The van der Waals surface area contributed by atoms with Gasteiger partial charge in [0.2, 0.25) is 0 Å². The van der Waals surface area contributed by atoms with Crippen molar-refractivity contribution in [1.29, 1.82) is 0 Å². The molecule has 0 saturated heterocycles. The van der Waals surface area contributed by atoms with E-state index in [0.29, 0.717) is 5.92 Å². The van der Waals surface area contributed by atoms with Gasteiger partial charge in [-0.25, -0.2) is 0 Å². The van der Waals surface area contributed by atoms with Crippen molar-refractivity contribution in [3.63, 3.8) is 0 Å². The number of ether oxygens (including phenoxy) is 1. The Morgan fingerprint density at radius 1 is 1.29 bits per heavy atom. The summed E-state index contributed by atoms with van der Waals surface area (Å²) in [6.07, 6.45) is 6.57. The molecule has 0 bridgehead atoms. The lowest BCUT2D eigenvalue weighted by molar-refractivity contribution is 0.308. The van der Waals surface area contributed by atoms with Crippen molar-refractivity contribution < 1.29 is 4.74 Å². The Morgan fingerprint density at radius 3 is 2.59 bits per heavy atom. The van der Waals surface area contributed by atoms with Crippen LogP contribution in [0.15, 0.2) is 22.7 Å². The maximum atomic E-state index is 6.37. The van der Waals surface area contributed by atoms with E-state index in [1.807, 2.05) is 6.07 Å². The Balaban J connectivity index is 2.12. The smallest absolute Gasteiger partial charge is 0.133 e. The van der Waals surface area contributed by atoms with Gasteiger partial charge in [0.15, 0.2) is 0 Å². The predicted octanol–water partition coefficient (Wildman–Crippen LogP) is 4.04. The summed E-state index contributed by atoms with van der Waals surface area (Å²) in [5, 5.41) is 0. The third-order valence-electron chi connectivity index (χ3n) is 3.72. The Hall–Kier alpha value is -0.540. The summed E-state index contributed by atoms with van der Waals surface area (Å²) < 4.78 is 6.23. The number of halogens is 1. The molecule has 94 valence electrons. The average Bonchev–Trinajstić information content (AvgIpc) is 2.39. The van der Waals surface area contributed by atoms with Crippen molar-refractivity contribution >= 4 is 15.9 Å². The minimum atomic E-state index is 0.164. The van der Waals surface area contributed by atoms with E-state index in [-0.39, 0.29) is 6.04 Å². The highest BCUT2D eigenvalue weighted by molar-refractivity contribution is 9.10. The van der Waals surface area contributed by atoms with Crippen LogP contribution in [0, 0.1) is 5.92 Å². The number of hydrogen-bond acceptors (Lipinski definition) is 2. The van der Waals surface area contributed by atoms with E-state index in [4.69, 9.17) is 10.5 Å². The zero-order chi connectivity index (χ0) is 12.3.